The van der Waals surface area contributed by atoms with E-state index in [-0.39, 0.29) is 6.04 Å². The van der Waals surface area contributed by atoms with Crippen LogP contribution in [0, 0.1) is 0 Å². The molecule has 1 heterocycles. The first-order chi connectivity index (χ1) is 9.86. The smallest absolute Gasteiger partial charge is 0.252 e. The monoisotopic (exact) mass is 324 g/mol. The van der Waals surface area contributed by atoms with Gasteiger partial charge in [-0.2, -0.15) is 4.31 Å². The maximum absolute atomic E-state index is 12.7. The number of aryl methyl sites for hydroxylation is 1. The summed E-state index contributed by atoms with van der Waals surface area (Å²) >= 11 is 1.33. The zero-order valence-corrected chi connectivity index (χ0v) is 14.0. The topological polar surface area (TPSA) is 63.4 Å². The van der Waals surface area contributed by atoms with Gasteiger partial charge >= 0.3 is 0 Å². The molecule has 1 atom stereocenters. The molecule has 2 rings (SSSR count). The summed E-state index contributed by atoms with van der Waals surface area (Å²) in [4.78, 5) is 1.07. The molecule has 2 N–H and O–H groups in total. The first-order valence-corrected chi connectivity index (χ1v) is 9.04. The Morgan fingerprint density at radius 3 is 2.57 bits per heavy atom. The van der Waals surface area contributed by atoms with Crippen molar-refractivity contribution in [2.24, 2.45) is 0 Å². The van der Waals surface area contributed by atoms with E-state index < -0.39 is 10.0 Å². The minimum Gasteiger partial charge on any atom is -0.399 e. The Labute approximate surface area is 130 Å². The number of nitrogens with zero attached hydrogens (tertiary/aromatic N) is 1. The predicted molar refractivity (Wildman–Crippen MR) is 87.9 cm³/mol. The molecule has 1 unspecified atom stereocenters. The van der Waals surface area contributed by atoms with Gasteiger partial charge < -0.3 is 5.73 Å². The molecule has 1 aromatic carbocycles. The highest BCUT2D eigenvalue weighted by molar-refractivity contribution is 7.91. The van der Waals surface area contributed by atoms with Crippen molar-refractivity contribution in [3.63, 3.8) is 0 Å². The third-order valence-corrected chi connectivity index (χ3v) is 7.18. The number of benzene rings is 1. The number of rotatable bonds is 5. The van der Waals surface area contributed by atoms with Crippen LogP contribution in [0.3, 0.4) is 0 Å². The maximum Gasteiger partial charge on any atom is 0.252 e. The molecule has 0 aliphatic rings. The normalized spacial score (nSPS) is 13.5. The first-order valence-electron chi connectivity index (χ1n) is 6.78. The standard InChI is InChI=1S/C15H20N2O2S2/c1-4-14-8-9-15(20-14)21(18,19)17(3)11(2)12-6-5-7-13(16)10-12/h5-11H,4,16H2,1-3H3. The number of hydrogen-bond acceptors (Lipinski definition) is 4. The summed E-state index contributed by atoms with van der Waals surface area (Å²) in [6.07, 6.45) is 0.842. The maximum atomic E-state index is 12.7. The minimum atomic E-state index is -3.48. The number of anilines is 1. The number of thiophene rings is 1. The summed E-state index contributed by atoms with van der Waals surface area (Å²) in [7, 11) is -1.87. The molecule has 114 valence electrons. The van der Waals surface area contributed by atoms with Crippen molar-refractivity contribution in [1.29, 1.82) is 0 Å². The van der Waals surface area contributed by atoms with Crippen molar-refractivity contribution in [3.8, 4) is 0 Å². The second-order valence-electron chi connectivity index (χ2n) is 4.94. The van der Waals surface area contributed by atoms with Crippen LogP contribution < -0.4 is 5.73 Å². The lowest BCUT2D eigenvalue weighted by Crippen LogP contribution is -2.29. The van der Waals surface area contributed by atoms with Gasteiger partial charge in [-0.25, -0.2) is 8.42 Å². The zero-order valence-electron chi connectivity index (χ0n) is 12.4. The SMILES string of the molecule is CCc1ccc(S(=O)(=O)N(C)C(C)c2cccc(N)c2)s1. The van der Waals surface area contributed by atoms with E-state index in [1.54, 1.807) is 19.2 Å². The molecule has 6 heteroatoms. The first kappa shape index (κ1) is 16.0. The van der Waals surface area contributed by atoms with E-state index in [9.17, 15) is 8.42 Å². The van der Waals surface area contributed by atoms with Crippen LogP contribution in [-0.4, -0.2) is 19.8 Å². The summed E-state index contributed by atoms with van der Waals surface area (Å²) in [6, 6.07) is 10.6. The van der Waals surface area contributed by atoms with Crippen LogP contribution in [0.4, 0.5) is 5.69 Å². The molecule has 0 bridgehead atoms. The number of sulfonamides is 1. The second kappa shape index (κ2) is 6.17. The zero-order chi connectivity index (χ0) is 15.6. The van der Waals surface area contributed by atoms with E-state index in [2.05, 4.69) is 0 Å². The lowest BCUT2D eigenvalue weighted by atomic mass is 10.1. The van der Waals surface area contributed by atoms with Gasteiger partial charge in [-0.05, 0) is 43.2 Å². The molecule has 21 heavy (non-hydrogen) atoms. The fraction of sp³-hybridized carbons (Fsp3) is 0.333. The molecule has 0 aliphatic carbocycles. The van der Waals surface area contributed by atoms with Gasteiger partial charge in [0.25, 0.3) is 10.0 Å². The van der Waals surface area contributed by atoms with Gasteiger partial charge in [0.05, 0.1) is 0 Å². The summed E-state index contributed by atoms with van der Waals surface area (Å²) in [5, 5.41) is 0. The Balaban J connectivity index is 2.31. The van der Waals surface area contributed by atoms with E-state index in [4.69, 9.17) is 5.73 Å². The third kappa shape index (κ3) is 3.28. The predicted octanol–water partition coefficient (Wildman–Crippen LogP) is 3.27. The number of nitrogen functional groups attached to an aromatic ring is 1. The van der Waals surface area contributed by atoms with E-state index in [0.29, 0.717) is 9.90 Å². The summed E-state index contributed by atoms with van der Waals surface area (Å²) < 4.78 is 27.1. The Kier molecular flexibility index (Phi) is 4.70. The van der Waals surface area contributed by atoms with Gasteiger partial charge in [0, 0.05) is 23.7 Å². The van der Waals surface area contributed by atoms with E-state index >= 15 is 0 Å². The molecule has 0 saturated heterocycles. The fourth-order valence-electron chi connectivity index (χ4n) is 2.07. The van der Waals surface area contributed by atoms with Crippen molar-refractivity contribution >= 4 is 27.0 Å². The summed E-state index contributed by atoms with van der Waals surface area (Å²) in [5.74, 6) is 0. The molecule has 0 fully saturated rings. The number of nitrogens with two attached hydrogens (primary N) is 1. The number of hydrogen-bond donors (Lipinski definition) is 1. The van der Waals surface area contributed by atoms with E-state index in [0.717, 1.165) is 16.9 Å². The molecular weight excluding hydrogens is 304 g/mol. The summed E-state index contributed by atoms with van der Waals surface area (Å²) in [5.41, 5.74) is 7.29. The van der Waals surface area contributed by atoms with Crippen molar-refractivity contribution < 1.29 is 8.42 Å². The lowest BCUT2D eigenvalue weighted by Gasteiger charge is -2.24. The quantitative estimate of drug-likeness (QED) is 0.859. The molecule has 2 aromatic rings. The molecule has 4 nitrogen and oxygen atoms in total. The molecule has 1 aromatic heterocycles. The second-order valence-corrected chi connectivity index (χ2v) is 8.33. The molecule has 0 saturated carbocycles. The lowest BCUT2D eigenvalue weighted by molar-refractivity contribution is 0.399. The van der Waals surface area contributed by atoms with Crippen LogP contribution in [0.2, 0.25) is 0 Å². The van der Waals surface area contributed by atoms with Gasteiger partial charge in [0.1, 0.15) is 4.21 Å². The molecular formula is C15H20N2O2S2. The van der Waals surface area contributed by atoms with Crippen LogP contribution in [0.5, 0.6) is 0 Å². The Hall–Kier alpha value is -1.37. The van der Waals surface area contributed by atoms with E-state index in [1.165, 1.54) is 15.6 Å². The largest absolute Gasteiger partial charge is 0.399 e. The van der Waals surface area contributed by atoms with Gasteiger partial charge in [-0.1, -0.05) is 19.1 Å². The minimum absolute atomic E-state index is 0.273. The molecule has 0 aliphatic heterocycles. The van der Waals surface area contributed by atoms with Crippen LogP contribution in [-0.2, 0) is 16.4 Å². The highest BCUT2D eigenvalue weighted by Crippen LogP contribution is 2.30. The third-order valence-electron chi connectivity index (χ3n) is 3.56. The van der Waals surface area contributed by atoms with Crippen molar-refractivity contribution in [1.82, 2.24) is 4.31 Å². The molecule has 0 amide bonds. The van der Waals surface area contributed by atoms with Crippen molar-refractivity contribution in [3.05, 3.63) is 46.8 Å². The van der Waals surface area contributed by atoms with Crippen LogP contribution in [0.1, 0.15) is 30.3 Å². The fourth-order valence-corrected chi connectivity index (χ4v) is 4.90. The van der Waals surface area contributed by atoms with Gasteiger partial charge in [-0.15, -0.1) is 11.3 Å². The molecule has 0 spiro atoms. The Morgan fingerprint density at radius 2 is 2.00 bits per heavy atom. The average Bonchev–Trinajstić information content (AvgIpc) is 2.95. The van der Waals surface area contributed by atoms with Crippen LogP contribution in [0.25, 0.3) is 0 Å². The Bertz CT molecular complexity index is 723. The highest BCUT2D eigenvalue weighted by Gasteiger charge is 2.27. The van der Waals surface area contributed by atoms with Gasteiger partial charge in [0.2, 0.25) is 0 Å². The van der Waals surface area contributed by atoms with Crippen molar-refractivity contribution in [2.75, 3.05) is 12.8 Å². The van der Waals surface area contributed by atoms with Gasteiger partial charge in [-0.3, -0.25) is 0 Å². The van der Waals surface area contributed by atoms with E-state index in [1.807, 2.05) is 38.1 Å². The Morgan fingerprint density at radius 1 is 1.29 bits per heavy atom. The summed E-state index contributed by atoms with van der Waals surface area (Å²) in [6.45, 7) is 3.88. The average molecular weight is 324 g/mol. The molecule has 0 radical (unpaired) electrons. The van der Waals surface area contributed by atoms with Gasteiger partial charge in [0.15, 0.2) is 0 Å². The van der Waals surface area contributed by atoms with Crippen LogP contribution >= 0.6 is 11.3 Å². The van der Waals surface area contributed by atoms with Crippen molar-refractivity contribution in [2.45, 2.75) is 30.5 Å². The van der Waals surface area contributed by atoms with Crippen LogP contribution in [0.15, 0.2) is 40.6 Å². The highest BCUT2D eigenvalue weighted by atomic mass is 32.2.